The summed E-state index contributed by atoms with van der Waals surface area (Å²) in [6.07, 6.45) is 0. The van der Waals surface area contributed by atoms with Gasteiger partial charge in [0.15, 0.2) is 0 Å². The van der Waals surface area contributed by atoms with Crippen molar-refractivity contribution < 1.29 is 19.1 Å². The van der Waals surface area contributed by atoms with Crippen molar-refractivity contribution >= 4 is 28.9 Å². The lowest BCUT2D eigenvalue weighted by atomic mass is 10.1. The maximum absolute atomic E-state index is 11.8. The van der Waals surface area contributed by atoms with Crippen LogP contribution in [0, 0.1) is 0 Å². The Morgan fingerprint density at radius 2 is 2.16 bits per heavy atom. The summed E-state index contributed by atoms with van der Waals surface area (Å²) in [7, 11) is 1.48. The summed E-state index contributed by atoms with van der Waals surface area (Å²) >= 11 is 0. The smallest absolute Gasteiger partial charge is 0.338 e. The van der Waals surface area contributed by atoms with Gasteiger partial charge in [-0.25, -0.2) is 4.79 Å². The van der Waals surface area contributed by atoms with Gasteiger partial charge in [0.05, 0.1) is 30.8 Å². The van der Waals surface area contributed by atoms with Crippen LogP contribution in [-0.2, 0) is 14.3 Å². The monoisotopic (exact) mass is 265 g/mol. The third-order valence-electron chi connectivity index (χ3n) is 2.71. The Morgan fingerprint density at radius 1 is 1.42 bits per heavy atom. The van der Waals surface area contributed by atoms with Crippen LogP contribution in [0.15, 0.2) is 12.1 Å². The molecule has 0 aromatic heterocycles. The lowest BCUT2D eigenvalue weighted by Gasteiger charge is -2.26. The van der Waals surface area contributed by atoms with Gasteiger partial charge in [-0.05, 0) is 13.0 Å². The first-order valence-corrected chi connectivity index (χ1v) is 5.78. The second kappa shape index (κ2) is 5.05. The predicted octanol–water partition coefficient (Wildman–Crippen LogP) is 0.573. The molecule has 0 saturated heterocycles. The highest BCUT2D eigenvalue weighted by Crippen LogP contribution is 2.35. The van der Waals surface area contributed by atoms with Crippen molar-refractivity contribution in [3.63, 3.8) is 0 Å². The van der Waals surface area contributed by atoms with Gasteiger partial charge in [0, 0.05) is 6.07 Å². The molecule has 0 fully saturated rings. The Balaban J connectivity index is 2.30. The van der Waals surface area contributed by atoms with Crippen molar-refractivity contribution in [2.45, 2.75) is 13.0 Å². The molecule has 1 aromatic rings. The van der Waals surface area contributed by atoms with E-state index in [4.69, 9.17) is 15.2 Å². The number of nitrogens with one attached hydrogen (secondary N) is 2. The summed E-state index contributed by atoms with van der Waals surface area (Å²) in [5.74, 6) is -0.645. The van der Waals surface area contributed by atoms with E-state index >= 15 is 0 Å². The molecule has 102 valence electrons. The number of amides is 1. The van der Waals surface area contributed by atoms with Gasteiger partial charge in [-0.15, -0.1) is 0 Å². The van der Waals surface area contributed by atoms with Crippen LogP contribution < -0.4 is 21.1 Å². The third-order valence-corrected chi connectivity index (χ3v) is 2.71. The van der Waals surface area contributed by atoms with Gasteiger partial charge in [-0.2, -0.15) is 0 Å². The zero-order chi connectivity index (χ0) is 14.0. The molecule has 1 heterocycles. The second-order valence-corrected chi connectivity index (χ2v) is 3.96. The fourth-order valence-corrected chi connectivity index (χ4v) is 1.81. The molecule has 1 aliphatic heterocycles. The van der Waals surface area contributed by atoms with Crippen LogP contribution in [0.4, 0.5) is 17.1 Å². The van der Waals surface area contributed by atoms with E-state index in [1.54, 1.807) is 19.1 Å². The van der Waals surface area contributed by atoms with E-state index in [2.05, 4.69) is 10.6 Å². The zero-order valence-corrected chi connectivity index (χ0v) is 10.6. The molecule has 4 N–H and O–H groups in total. The first-order chi connectivity index (χ1) is 9.06. The summed E-state index contributed by atoms with van der Waals surface area (Å²) in [6, 6.07) is 2.12. The molecule has 1 atom stereocenters. The minimum Gasteiger partial charge on any atom is -0.495 e. The number of hydrogen-bond donors (Lipinski definition) is 3. The number of methoxy groups -OCH3 is 1. The molecule has 1 aliphatic rings. The quantitative estimate of drug-likeness (QED) is 0.419. The number of nitrogen functional groups attached to an aromatic ring is 1. The van der Waals surface area contributed by atoms with Gasteiger partial charge in [0.2, 0.25) is 6.04 Å². The summed E-state index contributed by atoms with van der Waals surface area (Å²) in [5.41, 5.74) is 7.25. The van der Waals surface area contributed by atoms with Crippen LogP contribution in [0.3, 0.4) is 0 Å². The van der Waals surface area contributed by atoms with Crippen molar-refractivity contribution in [2.24, 2.45) is 0 Å². The van der Waals surface area contributed by atoms with E-state index in [9.17, 15) is 9.59 Å². The van der Waals surface area contributed by atoms with E-state index in [0.29, 0.717) is 22.8 Å². The molecule has 7 heteroatoms. The molecule has 0 aliphatic carbocycles. The number of ether oxygens (including phenoxy) is 2. The Labute approximate surface area is 110 Å². The molecular formula is C12H15N3O4. The molecular weight excluding hydrogens is 250 g/mol. The van der Waals surface area contributed by atoms with Gasteiger partial charge in [-0.3, -0.25) is 4.79 Å². The van der Waals surface area contributed by atoms with Crippen LogP contribution in [-0.4, -0.2) is 31.6 Å². The summed E-state index contributed by atoms with van der Waals surface area (Å²) in [4.78, 5) is 23.4. The van der Waals surface area contributed by atoms with E-state index < -0.39 is 17.9 Å². The molecule has 0 spiro atoms. The van der Waals surface area contributed by atoms with Crippen LogP contribution in [0.2, 0.25) is 0 Å². The fraction of sp³-hybridized carbons (Fsp3) is 0.333. The standard InChI is InChI=1S/C12H15N3O4/c1-3-19-12(17)10-11(16)15-8-5-9(18-2)6(13)4-7(8)14-10/h4-5,10,14H,3,13H2,1-2H3,(H,15,16). The molecule has 0 radical (unpaired) electrons. The minimum atomic E-state index is -1.07. The number of benzene rings is 1. The summed E-state index contributed by atoms with van der Waals surface area (Å²) in [6.45, 7) is 1.89. The topological polar surface area (TPSA) is 103 Å². The number of hydrogen-bond acceptors (Lipinski definition) is 6. The van der Waals surface area contributed by atoms with Gasteiger partial charge in [-0.1, -0.05) is 0 Å². The number of esters is 1. The van der Waals surface area contributed by atoms with Gasteiger partial charge in [0.1, 0.15) is 5.75 Å². The largest absolute Gasteiger partial charge is 0.495 e. The lowest BCUT2D eigenvalue weighted by Crippen LogP contribution is -2.45. The normalized spacial score (nSPS) is 16.9. The van der Waals surface area contributed by atoms with Crippen LogP contribution in [0.25, 0.3) is 0 Å². The first-order valence-electron chi connectivity index (χ1n) is 5.78. The highest BCUT2D eigenvalue weighted by molar-refractivity contribution is 6.14. The number of nitrogens with two attached hydrogens (primary N) is 1. The van der Waals surface area contributed by atoms with E-state index in [0.717, 1.165) is 0 Å². The van der Waals surface area contributed by atoms with Crippen molar-refractivity contribution in [2.75, 3.05) is 30.1 Å². The van der Waals surface area contributed by atoms with Crippen LogP contribution in [0.5, 0.6) is 5.75 Å². The van der Waals surface area contributed by atoms with Crippen LogP contribution in [0.1, 0.15) is 6.92 Å². The first kappa shape index (κ1) is 13.0. The summed E-state index contributed by atoms with van der Waals surface area (Å²) < 4.78 is 9.89. The number of fused-ring (bicyclic) bond motifs is 1. The number of carbonyl (C=O) groups is 2. The Morgan fingerprint density at radius 3 is 2.79 bits per heavy atom. The maximum Gasteiger partial charge on any atom is 0.338 e. The number of rotatable bonds is 3. The average molecular weight is 265 g/mol. The summed E-state index contributed by atoms with van der Waals surface area (Å²) in [5, 5.41) is 5.41. The molecule has 1 aromatic carbocycles. The SMILES string of the molecule is CCOC(=O)C1Nc2cc(N)c(OC)cc2NC1=O. The molecule has 1 amide bonds. The Bertz CT molecular complexity index is 530. The molecule has 0 saturated carbocycles. The molecule has 19 heavy (non-hydrogen) atoms. The zero-order valence-electron chi connectivity index (χ0n) is 10.6. The Hall–Kier alpha value is -2.44. The van der Waals surface area contributed by atoms with Crippen molar-refractivity contribution in [3.8, 4) is 5.75 Å². The molecule has 2 rings (SSSR count). The highest BCUT2D eigenvalue weighted by Gasteiger charge is 2.33. The highest BCUT2D eigenvalue weighted by atomic mass is 16.5. The van der Waals surface area contributed by atoms with Gasteiger partial charge < -0.3 is 25.8 Å². The number of carbonyl (C=O) groups excluding carboxylic acids is 2. The minimum absolute atomic E-state index is 0.210. The van der Waals surface area contributed by atoms with Crippen molar-refractivity contribution in [1.29, 1.82) is 0 Å². The fourth-order valence-electron chi connectivity index (χ4n) is 1.81. The average Bonchev–Trinajstić information content (AvgIpc) is 2.38. The molecule has 7 nitrogen and oxygen atoms in total. The van der Waals surface area contributed by atoms with Crippen LogP contribution >= 0.6 is 0 Å². The predicted molar refractivity (Wildman–Crippen MR) is 70.1 cm³/mol. The van der Waals surface area contributed by atoms with E-state index in [1.165, 1.54) is 7.11 Å². The second-order valence-electron chi connectivity index (χ2n) is 3.96. The van der Waals surface area contributed by atoms with Crippen molar-refractivity contribution in [1.82, 2.24) is 0 Å². The van der Waals surface area contributed by atoms with Crippen molar-refractivity contribution in [3.05, 3.63) is 12.1 Å². The number of anilines is 3. The third kappa shape index (κ3) is 2.40. The van der Waals surface area contributed by atoms with Gasteiger partial charge >= 0.3 is 5.97 Å². The lowest BCUT2D eigenvalue weighted by molar-refractivity contribution is -0.146. The van der Waals surface area contributed by atoms with E-state index in [1.807, 2.05) is 0 Å². The maximum atomic E-state index is 11.8. The molecule has 0 bridgehead atoms. The van der Waals surface area contributed by atoms with Gasteiger partial charge in [0.25, 0.3) is 5.91 Å². The van der Waals surface area contributed by atoms with E-state index in [-0.39, 0.29) is 6.61 Å². The Kier molecular flexibility index (Phi) is 3.46. The molecule has 1 unspecified atom stereocenters.